The van der Waals surface area contributed by atoms with E-state index in [1.165, 1.54) is 5.92 Å². The van der Waals surface area contributed by atoms with Gasteiger partial charge in [-0.2, -0.15) is 13.2 Å². The van der Waals surface area contributed by atoms with Crippen LogP contribution in [-0.2, 0) is 0 Å². The summed E-state index contributed by atoms with van der Waals surface area (Å²) >= 11 is 0. The molecule has 0 aromatic heterocycles. The normalized spacial score (nSPS) is 10.9. The molecule has 0 saturated carbocycles. The van der Waals surface area contributed by atoms with Gasteiger partial charge in [-0.25, -0.2) is 0 Å². The fourth-order valence-electron chi connectivity index (χ4n) is 1.41. The molecule has 0 fully saturated rings. The van der Waals surface area contributed by atoms with Crippen LogP contribution in [-0.4, -0.2) is 6.18 Å². The lowest BCUT2D eigenvalue weighted by Gasteiger charge is -1.97. The van der Waals surface area contributed by atoms with Gasteiger partial charge in [-0.1, -0.05) is 36.3 Å². The molecule has 3 heteroatoms. The van der Waals surface area contributed by atoms with E-state index in [4.69, 9.17) is 0 Å². The molecule has 0 nitrogen and oxygen atoms in total. The summed E-state index contributed by atoms with van der Waals surface area (Å²) in [5.74, 6) is 3.35. The van der Waals surface area contributed by atoms with Crippen molar-refractivity contribution in [3.63, 3.8) is 0 Å². The summed E-state index contributed by atoms with van der Waals surface area (Å²) < 4.78 is 35.6. The van der Waals surface area contributed by atoms with Crippen LogP contribution in [0.4, 0.5) is 13.2 Å². The number of halogens is 3. The van der Waals surface area contributed by atoms with Crippen LogP contribution in [0.15, 0.2) is 42.5 Å². The monoisotopic (exact) mass is 220 g/mol. The third-order valence-corrected chi connectivity index (χ3v) is 2.10. The zero-order chi connectivity index (χ0) is 11.6. The summed E-state index contributed by atoms with van der Waals surface area (Å²) in [6, 6.07) is 12.4. The lowest BCUT2D eigenvalue weighted by molar-refractivity contribution is -0.0696. The zero-order valence-electron chi connectivity index (χ0n) is 8.18. The van der Waals surface area contributed by atoms with Crippen molar-refractivity contribution in [2.75, 3.05) is 0 Å². The highest BCUT2D eigenvalue weighted by Crippen LogP contribution is 2.16. The molecule has 0 aliphatic heterocycles. The SMILES string of the molecule is FC(F)(F)C#Cc1ccc2ccccc2c1. The molecule has 0 aliphatic rings. The van der Waals surface area contributed by atoms with Gasteiger partial charge in [-0.15, -0.1) is 0 Å². The minimum atomic E-state index is -4.44. The molecule has 16 heavy (non-hydrogen) atoms. The number of hydrogen-bond acceptors (Lipinski definition) is 0. The van der Waals surface area contributed by atoms with Crippen LogP contribution < -0.4 is 0 Å². The Morgan fingerprint density at radius 1 is 0.875 bits per heavy atom. The average molecular weight is 220 g/mol. The van der Waals surface area contributed by atoms with E-state index in [0.29, 0.717) is 5.56 Å². The minimum absolute atomic E-state index is 0.371. The molecule has 0 N–H and O–H groups in total. The van der Waals surface area contributed by atoms with Crippen LogP contribution in [0.1, 0.15) is 5.56 Å². The van der Waals surface area contributed by atoms with Crippen LogP contribution in [0.3, 0.4) is 0 Å². The first-order valence-corrected chi connectivity index (χ1v) is 4.63. The summed E-state index contributed by atoms with van der Waals surface area (Å²) in [5, 5.41) is 1.87. The van der Waals surface area contributed by atoms with Crippen molar-refractivity contribution < 1.29 is 13.2 Å². The van der Waals surface area contributed by atoms with Gasteiger partial charge in [-0.05, 0) is 22.9 Å². The highest BCUT2D eigenvalue weighted by Gasteiger charge is 2.22. The first kappa shape index (κ1) is 10.6. The Hall–Kier alpha value is -1.95. The lowest BCUT2D eigenvalue weighted by Crippen LogP contribution is -2.01. The molecule has 2 rings (SSSR count). The second-order valence-electron chi connectivity index (χ2n) is 3.31. The molecule has 2 aromatic rings. The van der Waals surface area contributed by atoms with Crippen molar-refractivity contribution in [3.8, 4) is 11.8 Å². The average Bonchev–Trinajstić information content (AvgIpc) is 2.25. The Morgan fingerprint density at radius 3 is 2.25 bits per heavy atom. The van der Waals surface area contributed by atoms with E-state index >= 15 is 0 Å². The lowest BCUT2D eigenvalue weighted by atomic mass is 10.1. The number of benzene rings is 2. The molecule has 0 unspecified atom stereocenters. The second kappa shape index (κ2) is 3.90. The van der Waals surface area contributed by atoms with Crippen LogP contribution >= 0.6 is 0 Å². The topological polar surface area (TPSA) is 0 Å². The van der Waals surface area contributed by atoms with Crippen molar-refractivity contribution in [2.24, 2.45) is 0 Å². The molecule has 0 atom stereocenters. The van der Waals surface area contributed by atoms with E-state index in [1.807, 2.05) is 24.3 Å². The van der Waals surface area contributed by atoms with E-state index in [2.05, 4.69) is 5.92 Å². The Kier molecular flexibility index (Phi) is 2.57. The van der Waals surface area contributed by atoms with Gasteiger partial charge in [-0.3, -0.25) is 0 Å². The third kappa shape index (κ3) is 2.54. The van der Waals surface area contributed by atoms with E-state index in [-0.39, 0.29) is 0 Å². The third-order valence-electron chi connectivity index (χ3n) is 2.10. The van der Waals surface area contributed by atoms with E-state index < -0.39 is 6.18 Å². The highest BCUT2D eigenvalue weighted by atomic mass is 19.4. The molecule has 80 valence electrons. The second-order valence-corrected chi connectivity index (χ2v) is 3.31. The summed E-state index contributed by atoms with van der Waals surface area (Å²) in [6.07, 6.45) is -4.44. The highest BCUT2D eigenvalue weighted by molar-refractivity contribution is 5.83. The molecule has 0 spiro atoms. The van der Waals surface area contributed by atoms with Crippen LogP contribution in [0.2, 0.25) is 0 Å². The number of rotatable bonds is 0. The minimum Gasteiger partial charge on any atom is -0.159 e. The van der Waals surface area contributed by atoms with Crippen LogP contribution in [0.5, 0.6) is 0 Å². The Labute approximate surface area is 90.7 Å². The standard InChI is InChI=1S/C13H7F3/c14-13(15,16)8-7-10-5-6-11-3-1-2-4-12(11)9-10/h1-6,9H. The Balaban J connectivity index is 2.43. The zero-order valence-corrected chi connectivity index (χ0v) is 8.18. The number of fused-ring (bicyclic) bond motifs is 1. The number of hydrogen-bond donors (Lipinski definition) is 0. The fraction of sp³-hybridized carbons (Fsp3) is 0.0769. The molecule has 0 aliphatic carbocycles. The Bertz CT molecular complexity index is 571. The van der Waals surface area contributed by atoms with Crippen molar-refractivity contribution in [2.45, 2.75) is 6.18 Å². The first-order valence-electron chi connectivity index (χ1n) is 4.63. The summed E-state index contributed by atoms with van der Waals surface area (Å²) in [5.41, 5.74) is 0.371. The van der Waals surface area contributed by atoms with E-state index in [0.717, 1.165) is 10.8 Å². The van der Waals surface area contributed by atoms with Gasteiger partial charge in [0.15, 0.2) is 0 Å². The van der Waals surface area contributed by atoms with E-state index in [9.17, 15) is 13.2 Å². The number of alkyl halides is 3. The summed E-state index contributed by atoms with van der Waals surface area (Å²) in [7, 11) is 0. The van der Waals surface area contributed by atoms with Gasteiger partial charge in [0, 0.05) is 11.5 Å². The predicted octanol–water partition coefficient (Wildman–Crippen LogP) is 3.75. The smallest absolute Gasteiger partial charge is 0.159 e. The van der Waals surface area contributed by atoms with Crippen molar-refractivity contribution in [1.82, 2.24) is 0 Å². The van der Waals surface area contributed by atoms with Gasteiger partial charge in [0.25, 0.3) is 0 Å². The molecule has 2 aromatic carbocycles. The molecular weight excluding hydrogens is 213 g/mol. The predicted molar refractivity (Wildman–Crippen MR) is 56.9 cm³/mol. The quantitative estimate of drug-likeness (QED) is 0.593. The van der Waals surface area contributed by atoms with Gasteiger partial charge in [0.1, 0.15) is 0 Å². The van der Waals surface area contributed by atoms with Crippen LogP contribution in [0.25, 0.3) is 10.8 Å². The van der Waals surface area contributed by atoms with Gasteiger partial charge < -0.3 is 0 Å². The molecule has 0 radical (unpaired) electrons. The maximum atomic E-state index is 11.9. The first-order chi connectivity index (χ1) is 7.54. The van der Waals surface area contributed by atoms with Crippen molar-refractivity contribution in [1.29, 1.82) is 0 Å². The fourth-order valence-corrected chi connectivity index (χ4v) is 1.41. The van der Waals surface area contributed by atoms with Gasteiger partial charge in [0.05, 0.1) is 0 Å². The van der Waals surface area contributed by atoms with Crippen molar-refractivity contribution >= 4 is 10.8 Å². The van der Waals surface area contributed by atoms with Gasteiger partial charge >= 0.3 is 6.18 Å². The largest absolute Gasteiger partial charge is 0.458 e. The van der Waals surface area contributed by atoms with E-state index in [1.54, 1.807) is 18.2 Å². The molecule has 0 bridgehead atoms. The maximum absolute atomic E-state index is 11.9. The van der Waals surface area contributed by atoms with Crippen molar-refractivity contribution in [3.05, 3.63) is 48.0 Å². The molecule has 0 amide bonds. The Morgan fingerprint density at radius 2 is 1.56 bits per heavy atom. The summed E-state index contributed by atoms with van der Waals surface area (Å²) in [6.45, 7) is 0. The molecule has 0 heterocycles. The molecular formula is C13H7F3. The molecule has 0 saturated heterocycles. The van der Waals surface area contributed by atoms with Crippen LogP contribution in [0, 0.1) is 11.8 Å². The summed E-state index contributed by atoms with van der Waals surface area (Å²) in [4.78, 5) is 0. The maximum Gasteiger partial charge on any atom is 0.458 e. The van der Waals surface area contributed by atoms with Gasteiger partial charge in [0.2, 0.25) is 0 Å².